The highest BCUT2D eigenvalue weighted by molar-refractivity contribution is 5.96. The third kappa shape index (κ3) is 2.55. The number of likely N-dealkylation sites (tertiary alicyclic amines) is 1. The van der Waals surface area contributed by atoms with Crippen LogP contribution in [-0.4, -0.2) is 36.3 Å². The molecule has 5 nitrogen and oxygen atoms in total. The molecule has 2 amide bonds. The fraction of sp³-hybridized carbons (Fsp3) is 0.286. The average molecular weight is 345 g/mol. The molecule has 2 aromatic rings. The van der Waals surface area contributed by atoms with Gasteiger partial charge in [0.15, 0.2) is 0 Å². The van der Waals surface area contributed by atoms with Gasteiger partial charge in [-0.2, -0.15) is 5.26 Å². The third-order valence-electron chi connectivity index (χ3n) is 5.61. The molecule has 2 aromatic carbocycles. The number of rotatable bonds is 2. The van der Waals surface area contributed by atoms with Gasteiger partial charge in [-0.3, -0.25) is 9.59 Å². The summed E-state index contributed by atoms with van der Waals surface area (Å²) in [6.07, 6.45) is 0.655. The Hall–Kier alpha value is -3.13. The van der Waals surface area contributed by atoms with Crippen LogP contribution in [-0.2, 0) is 4.79 Å². The lowest BCUT2D eigenvalue weighted by Crippen LogP contribution is -2.39. The molecule has 2 fully saturated rings. The van der Waals surface area contributed by atoms with E-state index in [1.807, 2.05) is 30.3 Å². The monoisotopic (exact) mass is 345 g/mol. The van der Waals surface area contributed by atoms with E-state index in [4.69, 9.17) is 5.26 Å². The van der Waals surface area contributed by atoms with Crippen molar-refractivity contribution in [1.29, 1.82) is 5.26 Å². The van der Waals surface area contributed by atoms with Crippen molar-refractivity contribution in [3.63, 3.8) is 0 Å². The number of carbonyl (C=O) groups is 2. The first-order valence-corrected chi connectivity index (χ1v) is 8.77. The van der Waals surface area contributed by atoms with E-state index in [0.717, 1.165) is 5.56 Å². The zero-order valence-electron chi connectivity index (χ0n) is 14.3. The number of benzene rings is 2. The first-order chi connectivity index (χ1) is 12.6. The molecule has 5 heteroatoms. The largest absolute Gasteiger partial charge is 0.355 e. The lowest BCUT2D eigenvalue weighted by atomic mass is 9.73. The fourth-order valence-electron chi connectivity index (χ4n) is 4.23. The van der Waals surface area contributed by atoms with E-state index in [1.54, 1.807) is 29.2 Å². The second kappa shape index (κ2) is 6.30. The Morgan fingerprint density at radius 2 is 2.00 bits per heavy atom. The standard InChI is InChI=1S/C21H19N3O2/c22-12-15-5-4-8-17(11-15)19(25)24-10-9-21(14-24)18(13-23-20(21)26)16-6-2-1-3-7-16/h1-8,11,18H,9-10,13-14H2,(H,23,26)/t18-,21-/m1/s1. The number of carbonyl (C=O) groups excluding carboxylic acids is 2. The van der Waals surface area contributed by atoms with Crippen LogP contribution < -0.4 is 5.32 Å². The van der Waals surface area contributed by atoms with Crippen LogP contribution in [0.3, 0.4) is 0 Å². The molecule has 2 saturated heterocycles. The Labute approximate surface area is 152 Å². The van der Waals surface area contributed by atoms with Gasteiger partial charge in [-0.1, -0.05) is 36.4 Å². The normalized spacial score (nSPS) is 24.5. The summed E-state index contributed by atoms with van der Waals surface area (Å²) < 4.78 is 0. The lowest BCUT2D eigenvalue weighted by molar-refractivity contribution is -0.127. The van der Waals surface area contributed by atoms with Gasteiger partial charge in [0.2, 0.25) is 5.91 Å². The molecule has 0 aliphatic carbocycles. The first kappa shape index (κ1) is 16.3. The summed E-state index contributed by atoms with van der Waals surface area (Å²) >= 11 is 0. The molecule has 4 rings (SSSR count). The molecule has 0 saturated carbocycles. The highest BCUT2D eigenvalue weighted by Crippen LogP contribution is 2.47. The van der Waals surface area contributed by atoms with E-state index in [9.17, 15) is 9.59 Å². The van der Waals surface area contributed by atoms with Crippen LogP contribution >= 0.6 is 0 Å². The lowest BCUT2D eigenvalue weighted by Gasteiger charge is -2.28. The van der Waals surface area contributed by atoms with E-state index in [0.29, 0.717) is 37.2 Å². The second-order valence-electron chi connectivity index (χ2n) is 7.00. The smallest absolute Gasteiger partial charge is 0.253 e. The molecule has 2 heterocycles. The van der Waals surface area contributed by atoms with Gasteiger partial charge < -0.3 is 10.2 Å². The maximum absolute atomic E-state index is 12.9. The molecule has 0 aromatic heterocycles. The highest BCUT2D eigenvalue weighted by atomic mass is 16.2. The number of nitriles is 1. The first-order valence-electron chi connectivity index (χ1n) is 8.77. The van der Waals surface area contributed by atoms with Crippen LogP contribution in [0.1, 0.15) is 33.8 Å². The van der Waals surface area contributed by atoms with Crippen molar-refractivity contribution < 1.29 is 9.59 Å². The van der Waals surface area contributed by atoms with Crippen LogP contribution in [0.15, 0.2) is 54.6 Å². The van der Waals surface area contributed by atoms with Crippen LogP contribution in [0.5, 0.6) is 0 Å². The Morgan fingerprint density at radius 1 is 1.19 bits per heavy atom. The summed E-state index contributed by atoms with van der Waals surface area (Å²) in [5, 5.41) is 12.0. The fourth-order valence-corrected chi connectivity index (χ4v) is 4.23. The van der Waals surface area contributed by atoms with E-state index >= 15 is 0 Å². The van der Waals surface area contributed by atoms with Gasteiger partial charge in [-0.05, 0) is 30.2 Å². The summed E-state index contributed by atoms with van der Waals surface area (Å²) in [7, 11) is 0. The Kier molecular flexibility index (Phi) is 3.96. The number of hydrogen-bond donors (Lipinski definition) is 1. The van der Waals surface area contributed by atoms with E-state index < -0.39 is 5.41 Å². The molecule has 2 atom stereocenters. The van der Waals surface area contributed by atoms with Crippen molar-refractivity contribution in [1.82, 2.24) is 10.2 Å². The molecule has 130 valence electrons. The summed E-state index contributed by atoms with van der Waals surface area (Å²) in [6.45, 7) is 1.56. The molecule has 1 spiro atoms. The summed E-state index contributed by atoms with van der Waals surface area (Å²) in [5.74, 6) is -0.0163. The minimum atomic E-state index is -0.566. The molecule has 0 radical (unpaired) electrons. The molecule has 2 aliphatic rings. The molecule has 2 aliphatic heterocycles. The minimum absolute atomic E-state index is 0.0347. The maximum atomic E-state index is 12.9. The van der Waals surface area contributed by atoms with Crippen molar-refractivity contribution in [3.8, 4) is 6.07 Å². The topological polar surface area (TPSA) is 73.2 Å². The average Bonchev–Trinajstić information content (AvgIpc) is 3.27. The van der Waals surface area contributed by atoms with Gasteiger partial charge in [0, 0.05) is 31.1 Å². The predicted octanol–water partition coefficient (Wildman–Crippen LogP) is 2.30. The number of nitrogens with one attached hydrogen (secondary N) is 1. The molecule has 26 heavy (non-hydrogen) atoms. The number of nitrogens with zero attached hydrogens (tertiary/aromatic N) is 2. The van der Waals surface area contributed by atoms with Gasteiger partial charge in [0.25, 0.3) is 5.91 Å². The van der Waals surface area contributed by atoms with Crippen LogP contribution in [0.2, 0.25) is 0 Å². The number of hydrogen-bond acceptors (Lipinski definition) is 3. The maximum Gasteiger partial charge on any atom is 0.253 e. The van der Waals surface area contributed by atoms with Gasteiger partial charge in [0.1, 0.15) is 0 Å². The quantitative estimate of drug-likeness (QED) is 0.908. The van der Waals surface area contributed by atoms with Crippen molar-refractivity contribution in [2.75, 3.05) is 19.6 Å². The Morgan fingerprint density at radius 3 is 2.77 bits per heavy atom. The Balaban J connectivity index is 1.61. The summed E-state index contributed by atoms with van der Waals surface area (Å²) in [5.41, 5.74) is 1.53. The van der Waals surface area contributed by atoms with Crippen molar-refractivity contribution >= 4 is 11.8 Å². The number of amides is 2. The SMILES string of the molecule is N#Cc1cccc(C(=O)N2CC[C@]3(C2)C(=O)NC[C@@H]3c2ccccc2)c1. The van der Waals surface area contributed by atoms with Gasteiger partial charge in [-0.15, -0.1) is 0 Å². The highest BCUT2D eigenvalue weighted by Gasteiger charge is 2.55. The minimum Gasteiger partial charge on any atom is -0.355 e. The van der Waals surface area contributed by atoms with Gasteiger partial charge in [-0.25, -0.2) is 0 Å². The molecule has 0 unspecified atom stereocenters. The molecular weight excluding hydrogens is 326 g/mol. The van der Waals surface area contributed by atoms with Crippen LogP contribution in [0.4, 0.5) is 0 Å². The second-order valence-corrected chi connectivity index (χ2v) is 7.00. The van der Waals surface area contributed by atoms with Gasteiger partial charge >= 0.3 is 0 Å². The van der Waals surface area contributed by atoms with Crippen molar-refractivity contribution in [2.45, 2.75) is 12.3 Å². The van der Waals surface area contributed by atoms with Crippen LogP contribution in [0.25, 0.3) is 0 Å². The van der Waals surface area contributed by atoms with Crippen molar-refractivity contribution in [3.05, 3.63) is 71.3 Å². The van der Waals surface area contributed by atoms with E-state index in [-0.39, 0.29) is 17.7 Å². The van der Waals surface area contributed by atoms with E-state index in [2.05, 4.69) is 11.4 Å². The van der Waals surface area contributed by atoms with Gasteiger partial charge in [0.05, 0.1) is 17.0 Å². The van der Waals surface area contributed by atoms with Crippen molar-refractivity contribution in [2.24, 2.45) is 5.41 Å². The summed E-state index contributed by atoms with van der Waals surface area (Å²) in [4.78, 5) is 27.3. The zero-order valence-corrected chi connectivity index (χ0v) is 14.3. The van der Waals surface area contributed by atoms with Crippen LogP contribution in [0, 0.1) is 16.7 Å². The molecular formula is C21H19N3O2. The van der Waals surface area contributed by atoms with E-state index in [1.165, 1.54) is 0 Å². The molecule has 0 bridgehead atoms. The predicted molar refractivity (Wildman–Crippen MR) is 96.3 cm³/mol. The summed E-state index contributed by atoms with van der Waals surface area (Å²) in [6, 6.07) is 18.8. The molecule has 1 N–H and O–H groups in total. The zero-order chi connectivity index (χ0) is 18.1. The third-order valence-corrected chi connectivity index (χ3v) is 5.61. The Bertz CT molecular complexity index is 903.